The zero-order valence-corrected chi connectivity index (χ0v) is 14.3. The molecule has 0 amide bonds. The maximum absolute atomic E-state index is 5.70. The van der Waals surface area contributed by atoms with E-state index >= 15 is 0 Å². The van der Waals surface area contributed by atoms with Gasteiger partial charge in [0.15, 0.2) is 0 Å². The molecular weight excluding hydrogens is 316 g/mol. The van der Waals surface area contributed by atoms with Gasteiger partial charge in [-0.3, -0.25) is 0 Å². The first-order chi connectivity index (χ1) is 12.1. The molecule has 1 aliphatic rings. The summed E-state index contributed by atoms with van der Waals surface area (Å²) in [7, 11) is 4.12. The average molecular weight is 336 g/mol. The molecule has 128 valence electrons. The SMILES string of the molecule is CN(C)CC1(c2nc(-c3ccc(Oc4ccccc4)nc3)no2)CC1. The molecule has 0 atom stereocenters. The van der Waals surface area contributed by atoms with Crippen molar-refractivity contribution in [3.63, 3.8) is 0 Å². The fourth-order valence-electron chi connectivity index (χ4n) is 2.93. The predicted octanol–water partition coefficient (Wildman–Crippen LogP) is 3.52. The number of benzene rings is 1. The topological polar surface area (TPSA) is 64.3 Å². The molecule has 0 spiro atoms. The number of rotatable bonds is 6. The zero-order valence-electron chi connectivity index (χ0n) is 14.3. The Labute approximate surface area is 146 Å². The van der Waals surface area contributed by atoms with Crippen LogP contribution in [0.3, 0.4) is 0 Å². The molecule has 0 saturated heterocycles. The number of likely N-dealkylation sites (N-methyl/N-ethyl adjacent to an activating group) is 1. The van der Waals surface area contributed by atoms with Crippen molar-refractivity contribution in [2.75, 3.05) is 20.6 Å². The Morgan fingerprint density at radius 2 is 1.92 bits per heavy atom. The highest BCUT2D eigenvalue weighted by atomic mass is 16.5. The van der Waals surface area contributed by atoms with E-state index in [4.69, 9.17) is 9.26 Å². The second-order valence-corrected chi connectivity index (χ2v) is 6.74. The van der Waals surface area contributed by atoms with E-state index in [-0.39, 0.29) is 5.41 Å². The number of aromatic nitrogens is 3. The molecule has 0 unspecified atom stereocenters. The second-order valence-electron chi connectivity index (χ2n) is 6.74. The summed E-state index contributed by atoms with van der Waals surface area (Å²) >= 11 is 0. The Morgan fingerprint density at radius 1 is 1.12 bits per heavy atom. The molecule has 1 aliphatic carbocycles. The molecular formula is C19H20N4O2. The summed E-state index contributed by atoms with van der Waals surface area (Å²) in [5.74, 6) is 2.58. The molecule has 2 heterocycles. The van der Waals surface area contributed by atoms with Gasteiger partial charge in [-0.2, -0.15) is 4.98 Å². The molecule has 1 saturated carbocycles. The number of hydrogen-bond donors (Lipinski definition) is 0. The molecule has 0 bridgehead atoms. The van der Waals surface area contributed by atoms with E-state index in [9.17, 15) is 0 Å². The highest BCUT2D eigenvalue weighted by Gasteiger charge is 2.49. The van der Waals surface area contributed by atoms with Crippen molar-refractivity contribution in [2.24, 2.45) is 0 Å². The lowest BCUT2D eigenvalue weighted by Gasteiger charge is -2.15. The van der Waals surface area contributed by atoms with Gasteiger partial charge in [0.1, 0.15) is 5.75 Å². The van der Waals surface area contributed by atoms with Gasteiger partial charge in [0.05, 0.1) is 5.41 Å². The molecule has 1 aromatic carbocycles. The summed E-state index contributed by atoms with van der Waals surface area (Å²) in [6.45, 7) is 0.927. The van der Waals surface area contributed by atoms with Crippen molar-refractivity contribution in [2.45, 2.75) is 18.3 Å². The third-order valence-electron chi connectivity index (χ3n) is 4.31. The number of pyridine rings is 1. The van der Waals surface area contributed by atoms with E-state index in [0.717, 1.165) is 36.6 Å². The van der Waals surface area contributed by atoms with E-state index in [1.807, 2.05) is 42.5 Å². The quantitative estimate of drug-likeness (QED) is 0.686. The smallest absolute Gasteiger partial charge is 0.234 e. The van der Waals surface area contributed by atoms with Gasteiger partial charge >= 0.3 is 0 Å². The van der Waals surface area contributed by atoms with Crippen LogP contribution in [-0.4, -0.2) is 40.7 Å². The van der Waals surface area contributed by atoms with Crippen LogP contribution in [0.15, 0.2) is 53.2 Å². The number of para-hydroxylation sites is 1. The van der Waals surface area contributed by atoms with E-state index in [0.29, 0.717) is 11.7 Å². The highest BCUT2D eigenvalue weighted by Crippen LogP contribution is 2.48. The average Bonchev–Trinajstić information content (AvgIpc) is 3.20. The van der Waals surface area contributed by atoms with Crippen LogP contribution in [0.5, 0.6) is 11.6 Å². The first kappa shape index (κ1) is 15.8. The lowest BCUT2D eigenvalue weighted by atomic mass is 10.1. The number of hydrogen-bond acceptors (Lipinski definition) is 6. The number of ether oxygens (including phenoxy) is 1. The minimum Gasteiger partial charge on any atom is -0.439 e. The lowest BCUT2D eigenvalue weighted by Crippen LogP contribution is -2.26. The minimum atomic E-state index is 0.0263. The molecule has 4 rings (SSSR count). The Balaban J connectivity index is 1.49. The summed E-state index contributed by atoms with van der Waals surface area (Å²) < 4.78 is 11.2. The fraction of sp³-hybridized carbons (Fsp3) is 0.316. The summed E-state index contributed by atoms with van der Waals surface area (Å²) in [5, 5.41) is 4.13. The molecule has 2 aromatic heterocycles. The van der Waals surface area contributed by atoms with Gasteiger partial charge in [0, 0.05) is 24.4 Å². The van der Waals surface area contributed by atoms with Crippen molar-refractivity contribution < 1.29 is 9.26 Å². The minimum absolute atomic E-state index is 0.0263. The van der Waals surface area contributed by atoms with Gasteiger partial charge in [-0.1, -0.05) is 23.4 Å². The van der Waals surface area contributed by atoms with Gasteiger partial charge in [0.25, 0.3) is 0 Å². The van der Waals surface area contributed by atoms with Crippen LogP contribution < -0.4 is 4.74 Å². The van der Waals surface area contributed by atoms with Crippen molar-refractivity contribution in [1.82, 2.24) is 20.0 Å². The second kappa shape index (κ2) is 6.29. The Kier molecular flexibility index (Phi) is 3.97. The fourth-order valence-corrected chi connectivity index (χ4v) is 2.93. The Bertz CT molecular complexity index is 839. The largest absolute Gasteiger partial charge is 0.439 e. The molecule has 3 aromatic rings. The van der Waals surface area contributed by atoms with E-state index < -0.39 is 0 Å². The van der Waals surface area contributed by atoms with Crippen LogP contribution in [0, 0.1) is 0 Å². The normalized spacial score (nSPS) is 15.3. The summed E-state index contributed by atoms with van der Waals surface area (Å²) in [6, 6.07) is 13.3. The van der Waals surface area contributed by atoms with Crippen LogP contribution >= 0.6 is 0 Å². The predicted molar refractivity (Wildman–Crippen MR) is 93.5 cm³/mol. The molecule has 1 fully saturated rings. The number of nitrogens with zero attached hydrogens (tertiary/aromatic N) is 4. The van der Waals surface area contributed by atoms with Gasteiger partial charge in [-0.25, -0.2) is 4.98 Å². The Hall–Kier alpha value is -2.73. The van der Waals surface area contributed by atoms with Crippen LogP contribution in [0.4, 0.5) is 0 Å². The highest BCUT2D eigenvalue weighted by molar-refractivity contribution is 5.53. The molecule has 6 heteroatoms. The van der Waals surface area contributed by atoms with Crippen molar-refractivity contribution in [1.29, 1.82) is 0 Å². The maximum Gasteiger partial charge on any atom is 0.234 e. The first-order valence-corrected chi connectivity index (χ1v) is 8.33. The summed E-state index contributed by atoms with van der Waals surface area (Å²) in [6.07, 6.45) is 3.89. The molecule has 25 heavy (non-hydrogen) atoms. The monoisotopic (exact) mass is 336 g/mol. The van der Waals surface area contributed by atoms with Crippen molar-refractivity contribution >= 4 is 0 Å². The third kappa shape index (κ3) is 3.39. The summed E-state index contributed by atoms with van der Waals surface area (Å²) in [4.78, 5) is 11.1. The van der Waals surface area contributed by atoms with Crippen LogP contribution in [0.2, 0.25) is 0 Å². The van der Waals surface area contributed by atoms with Crippen LogP contribution in [0.25, 0.3) is 11.4 Å². The third-order valence-corrected chi connectivity index (χ3v) is 4.31. The molecule has 6 nitrogen and oxygen atoms in total. The lowest BCUT2D eigenvalue weighted by molar-refractivity contribution is 0.291. The van der Waals surface area contributed by atoms with Gasteiger partial charge in [-0.05, 0) is 45.1 Å². The van der Waals surface area contributed by atoms with Gasteiger partial charge < -0.3 is 14.2 Å². The van der Waals surface area contributed by atoms with Crippen LogP contribution in [-0.2, 0) is 5.41 Å². The van der Waals surface area contributed by atoms with E-state index in [1.54, 1.807) is 6.20 Å². The van der Waals surface area contributed by atoms with Crippen LogP contribution in [0.1, 0.15) is 18.7 Å². The standard InChI is InChI=1S/C19H20N4O2/c1-23(2)13-19(10-11-19)18-21-17(22-25-18)14-8-9-16(20-12-14)24-15-6-4-3-5-7-15/h3-9,12H,10-11,13H2,1-2H3. The maximum atomic E-state index is 5.70. The molecule has 0 aliphatic heterocycles. The first-order valence-electron chi connectivity index (χ1n) is 8.33. The Morgan fingerprint density at radius 3 is 2.56 bits per heavy atom. The van der Waals surface area contributed by atoms with Crippen molar-refractivity contribution in [3.8, 4) is 23.0 Å². The van der Waals surface area contributed by atoms with E-state index in [1.165, 1.54) is 0 Å². The van der Waals surface area contributed by atoms with Crippen molar-refractivity contribution in [3.05, 3.63) is 54.6 Å². The van der Waals surface area contributed by atoms with Gasteiger partial charge in [-0.15, -0.1) is 0 Å². The zero-order chi connectivity index (χ0) is 17.3. The van der Waals surface area contributed by atoms with Gasteiger partial charge in [0.2, 0.25) is 17.6 Å². The van der Waals surface area contributed by atoms with E-state index in [2.05, 4.69) is 34.1 Å². The summed E-state index contributed by atoms with van der Waals surface area (Å²) in [5.41, 5.74) is 0.842. The molecule has 0 N–H and O–H groups in total. The molecule has 0 radical (unpaired) electrons.